The number of methoxy groups -OCH3 is 2. The van der Waals surface area contributed by atoms with Crippen molar-refractivity contribution in [3.05, 3.63) is 60.3 Å². The lowest BCUT2D eigenvalue weighted by molar-refractivity contribution is -0.142. The van der Waals surface area contributed by atoms with Crippen LogP contribution in [0.5, 0.6) is 5.75 Å². The van der Waals surface area contributed by atoms with Gasteiger partial charge in [0, 0.05) is 31.2 Å². The van der Waals surface area contributed by atoms with E-state index in [1.54, 1.807) is 14.2 Å². The number of hydrogen-bond donors (Lipinski definition) is 1. The Balaban J connectivity index is 1.63. The smallest absolute Gasteiger partial charge is 0.329 e. The van der Waals surface area contributed by atoms with Crippen LogP contribution in [0.3, 0.4) is 0 Å². The molecule has 1 N–H and O–H groups in total. The Morgan fingerprint density at radius 3 is 2.42 bits per heavy atom. The molecule has 1 saturated carbocycles. The predicted molar refractivity (Wildman–Crippen MR) is 139 cm³/mol. The van der Waals surface area contributed by atoms with Crippen LogP contribution in [0.2, 0.25) is 0 Å². The summed E-state index contributed by atoms with van der Waals surface area (Å²) in [6.07, 6.45) is 4.97. The van der Waals surface area contributed by atoms with Crippen LogP contribution in [0.15, 0.2) is 54.6 Å². The van der Waals surface area contributed by atoms with Gasteiger partial charge in [-0.2, -0.15) is 5.10 Å². The van der Waals surface area contributed by atoms with Crippen molar-refractivity contribution in [3.63, 3.8) is 0 Å². The van der Waals surface area contributed by atoms with Gasteiger partial charge in [0.25, 0.3) is 0 Å². The number of carboxylic acids is 1. The summed E-state index contributed by atoms with van der Waals surface area (Å²) >= 11 is 0. The third-order valence-electron chi connectivity index (χ3n) is 6.95. The van der Waals surface area contributed by atoms with Crippen molar-refractivity contribution in [2.75, 3.05) is 34.0 Å². The monoisotopic (exact) mass is 492 g/mol. The molecule has 36 heavy (non-hydrogen) atoms. The Bertz CT molecular complexity index is 1120. The molecular formula is C29H36N2O5. The maximum absolute atomic E-state index is 10.7. The van der Waals surface area contributed by atoms with E-state index in [9.17, 15) is 4.79 Å². The fourth-order valence-corrected chi connectivity index (χ4v) is 5.13. The van der Waals surface area contributed by atoms with E-state index in [1.165, 1.54) is 0 Å². The number of carboxylic acid groups (broad SMARTS) is 1. The fourth-order valence-electron chi connectivity index (χ4n) is 5.13. The first-order chi connectivity index (χ1) is 17.6. The van der Waals surface area contributed by atoms with Gasteiger partial charge in [-0.15, -0.1) is 0 Å². The van der Waals surface area contributed by atoms with Crippen molar-refractivity contribution in [3.8, 4) is 28.1 Å². The number of carbonyl (C=O) groups is 1. The van der Waals surface area contributed by atoms with Crippen molar-refractivity contribution < 1.29 is 24.1 Å². The van der Waals surface area contributed by atoms with Crippen LogP contribution in [-0.4, -0.2) is 54.9 Å². The molecule has 0 radical (unpaired) electrons. The van der Waals surface area contributed by atoms with Crippen LogP contribution in [-0.2, 0) is 27.2 Å². The van der Waals surface area contributed by atoms with Crippen molar-refractivity contribution in [1.29, 1.82) is 0 Å². The number of ether oxygens (including phenoxy) is 3. The molecule has 7 heteroatoms. The average Bonchev–Trinajstić information content (AvgIpc) is 3.26. The van der Waals surface area contributed by atoms with Crippen LogP contribution < -0.4 is 4.74 Å². The molecular weight excluding hydrogens is 456 g/mol. The second-order valence-corrected chi connectivity index (χ2v) is 9.49. The molecule has 1 aromatic heterocycles. The third-order valence-corrected chi connectivity index (χ3v) is 6.95. The Morgan fingerprint density at radius 2 is 1.72 bits per heavy atom. The van der Waals surface area contributed by atoms with E-state index in [1.807, 2.05) is 18.2 Å². The molecule has 3 aromatic rings. The molecule has 1 fully saturated rings. The summed E-state index contributed by atoms with van der Waals surface area (Å²) < 4.78 is 18.5. The molecule has 0 saturated heterocycles. The Kier molecular flexibility index (Phi) is 9.14. The lowest BCUT2D eigenvalue weighted by atomic mass is 9.82. The average molecular weight is 493 g/mol. The molecule has 4 rings (SSSR count). The second kappa shape index (κ2) is 12.7. The molecule has 0 unspecified atom stereocenters. The molecule has 0 aliphatic heterocycles. The molecule has 1 heterocycles. The number of aromatic nitrogens is 2. The first kappa shape index (κ1) is 25.9. The van der Waals surface area contributed by atoms with Crippen molar-refractivity contribution in [1.82, 2.24) is 9.78 Å². The molecule has 192 valence electrons. The number of rotatable bonds is 12. The molecule has 1 aliphatic carbocycles. The lowest BCUT2D eigenvalue weighted by Crippen LogP contribution is -2.23. The topological polar surface area (TPSA) is 82.8 Å². The fraction of sp³-hybridized carbons (Fsp3) is 0.448. The molecule has 2 aromatic carbocycles. The van der Waals surface area contributed by atoms with Gasteiger partial charge in [0.1, 0.15) is 12.4 Å². The standard InChI is InChI=1S/C29H36N2O5/c1-34-16-15-26-28(23-7-4-3-5-8-23)29(24-9-6-10-25(17-24)35-2)31(30-26)18-21-11-13-22(14-12-21)19-36-20-27(32)33/h3-10,17,21-22H,11-16,18-20H2,1-2H3,(H,32,33). The van der Waals surface area contributed by atoms with Crippen LogP contribution in [0.1, 0.15) is 31.4 Å². The van der Waals surface area contributed by atoms with Gasteiger partial charge in [-0.3, -0.25) is 4.68 Å². The number of nitrogens with zero attached hydrogens (tertiary/aromatic N) is 2. The Hall–Kier alpha value is -3.16. The first-order valence-corrected chi connectivity index (χ1v) is 12.7. The third kappa shape index (κ3) is 6.53. The summed E-state index contributed by atoms with van der Waals surface area (Å²) in [5.41, 5.74) is 5.53. The minimum atomic E-state index is -0.911. The molecule has 0 amide bonds. The SMILES string of the molecule is COCCc1nn(CC2CCC(COCC(=O)O)CC2)c(-c2cccc(OC)c2)c1-c1ccccc1. The Labute approximate surface area is 213 Å². The second-order valence-electron chi connectivity index (χ2n) is 9.49. The maximum Gasteiger partial charge on any atom is 0.329 e. The van der Waals surface area contributed by atoms with Gasteiger partial charge in [0.05, 0.1) is 31.7 Å². The van der Waals surface area contributed by atoms with E-state index in [2.05, 4.69) is 41.1 Å². The minimum absolute atomic E-state index is 0.219. The predicted octanol–water partition coefficient (Wildman–Crippen LogP) is 5.32. The summed E-state index contributed by atoms with van der Waals surface area (Å²) in [7, 11) is 3.41. The van der Waals surface area contributed by atoms with Gasteiger partial charge in [-0.1, -0.05) is 42.5 Å². The summed E-state index contributed by atoms with van der Waals surface area (Å²) in [6, 6.07) is 18.6. The minimum Gasteiger partial charge on any atom is -0.497 e. The molecule has 0 spiro atoms. The molecule has 0 bridgehead atoms. The van der Waals surface area contributed by atoms with Gasteiger partial charge in [-0.05, 0) is 55.2 Å². The van der Waals surface area contributed by atoms with E-state index >= 15 is 0 Å². The van der Waals surface area contributed by atoms with Gasteiger partial charge in [0.2, 0.25) is 0 Å². The summed E-state index contributed by atoms with van der Waals surface area (Å²) in [6.45, 7) is 1.75. The highest BCUT2D eigenvalue weighted by atomic mass is 16.5. The van der Waals surface area contributed by atoms with Crippen molar-refractivity contribution >= 4 is 5.97 Å². The van der Waals surface area contributed by atoms with E-state index in [0.717, 1.165) is 72.5 Å². The van der Waals surface area contributed by atoms with Gasteiger partial charge in [0.15, 0.2) is 0 Å². The molecule has 7 nitrogen and oxygen atoms in total. The van der Waals surface area contributed by atoms with E-state index in [4.69, 9.17) is 24.4 Å². The van der Waals surface area contributed by atoms with Crippen LogP contribution in [0.4, 0.5) is 0 Å². The quantitative estimate of drug-likeness (QED) is 0.368. The van der Waals surface area contributed by atoms with Crippen LogP contribution in [0, 0.1) is 11.8 Å². The van der Waals surface area contributed by atoms with Crippen molar-refractivity contribution in [2.24, 2.45) is 11.8 Å². The van der Waals surface area contributed by atoms with Gasteiger partial charge in [-0.25, -0.2) is 4.79 Å². The summed E-state index contributed by atoms with van der Waals surface area (Å²) in [5.74, 6) is 0.836. The Morgan fingerprint density at radius 1 is 1.00 bits per heavy atom. The largest absolute Gasteiger partial charge is 0.497 e. The van der Waals surface area contributed by atoms with Crippen LogP contribution in [0.25, 0.3) is 22.4 Å². The maximum atomic E-state index is 10.7. The van der Waals surface area contributed by atoms with Gasteiger partial charge < -0.3 is 19.3 Å². The normalized spacial score (nSPS) is 17.7. The van der Waals surface area contributed by atoms with E-state index in [-0.39, 0.29) is 6.61 Å². The summed E-state index contributed by atoms with van der Waals surface area (Å²) in [5, 5.41) is 14.0. The lowest BCUT2D eigenvalue weighted by Gasteiger charge is -2.28. The highest BCUT2D eigenvalue weighted by Gasteiger charge is 2.26. The van der Waals surface area contributed by atoms with Crippen molar-refractivity contribution in [2.45, 2.75) is 38.6 Å². The zero-order valence-corrected chi connectivity index (χ0v) is 21.2. The molecule has 1 aliphatic rings. The highest BCUT2D eigenvalue weighted by Crippen LogP contribution is 2.38. The zero-order valence-electron chi connectivity index (χ0n) is 21.2. The van der Waals surface area contributed by atoms with E-state index in [0.29, 0.717) is 25.0 Å². The number of aliphatic carboxylic acids is 1. The first-order valence-electron chi connectivity index (χ1n) is 12.7. The molecule has 0 atom stereocenters. The van der Waals surface area contributed by atoms with Crippen LogP contribution >= 0.6 is 0 Å². The van der Waals surface area contributed by atoms with E-state index < -0.39 is 5.97 Å². The number of hydrogen-bond acceptors (Lipinski definition) is 5. The summed E-state index contributed by atoms with van der Waals surface area (Å²) in [4.78, 5) is 10.7. The van der Waals surface area contributed by atoms with Gasteiger partial charge >= 0.3 is 5.97 Å². The highest BCUT2D eigenvalue weighted by molar-refractivity contribution is 5.83. The number of benzene rings is 2. The zero-order chi connectivity index (χ0) is 25.3.